The van der Waals surface area contributed by atoms with Crippen LogP contribution >= 0.6 is 0 Å². The first-order chi connectivity index (χ1) is 7.74. The zero-order valence-electron chi connectivity index (χ0n) is 9.23. The van der Waals surface area contributed by atoms with E-state index in [1.165, 1.54) is 0 Å². The van der Waals surface area contributed by atoms with Crippen LogP contribution in [0.5, 0.6) is 0 Å². The van der Waals surface area contributed by atoms with Crippen LogP contribution in [-0.4, -0.2) is 19.6 Å². The zero-order chi connectivity index (χ0) is 11.8. The van der Waals surface area contributed by atoms with Gasteiger partial charge < -0.3 is 10.5 Å². The highest BCUT2D eigenvalue weighted by molar-refractivity contribution is 5.74. The molecule has 16 heavy (non-hydrogen) atoms. The van der Waals surface area contributed by atoms with E-state index in [9.17, 15) is 4.79 Å². The van der Waals surface area contributed by atoms with E-state index < -0.39 is 5.91 Å². The second-order valence-electron chi connectivity index (χ2n) is 3.28. The van der Waals surface area contributed by atoms with Crippen LogP contribution in [0.25, 0.3) is 0 Å². The second-order valence-corrected chi connectivity index (χ2v) is 3.28. The molecular formula is C11H16N2O3. The first kappa shape index (κ1) is 12.6. The number of primary amides is 1. The van der Waals surface area contributed by atoms with E-state index in [4.69, 9.17) is 15.3 Å². The fraction of sp³-hybridized carbons (Fsp3) is 0.364. The molecule has 0 bridgehead atoms. The van der Waals surface area contributed by atoms with Gasteiger partial charge in [0.25, 0.3) is 0 Å². The van der Waals surface area contributed by atoms with Crippen molar-refractivity contribution in [2.75, 3.05) is 13.7 Å². The van der Waals surface area contributed by atoms with Crippen LogP contribution in [-0.2, 0) is 27.5 Å². The standard InChI is InChI=1S/C11H16N2O3/c1-15-7-10-5-3-2-4-9(10)6-13-16-8-11(12)14/h2-5,13H,6-8H2,1H3,(H2,12,14). The number of amides is 1. The van der Waals surface area contributed by atoms with Crippen molar-refractivity contribution in [1.82, 2.24) is 5.48 Å². The number of hydrogen-bond acceptors (Lipinski definition) is 4. The molecule has 0 saturated heterocycles. The van der Waals surface area contributed by atoms with E-state index in [0.29, 0.717) is 13.2 Å². The van der Waals surface area contributed by atoms with Crippen molar-refractivity contribution < 1.29 is 14.4 Å². The molecule has 0 atom stereocenters. The summed E-state index contributed by atoms with van der Waals surface area (Å²) in [5.74, 6) is -0.502. The van der Waals surface area contributed by atoms with Gasteiger partial charge in [-0.25, -0.2) is 0 Å². The minimum Gasteiger partial charge on any atom is -0.380 e. The first-order valence-corrected chi connectivity index (χ1v) is 4.92. The minimum atomic E-state index is -0.502. The molecule has 5 heteroatoms. The maximum Gasteiger partial charge on any atom is 0.245 e. The Morgan fingerprint density at radius 1 is 1.38 bits per heavy atom. The predicted molar refractivity (Wildman–Crippen MR) is 59.1 cm³/mol. The van der Waals surface area contributed by atoms with Crippen molar-refractivity contribution in [3.05, 3.63) is 35.4 Å². The average Bonchev–Trinajstić information content (AvgIpc) is 2.26. The maximum absolute atomic E-state index is 10.4. The van der Waals surface area contributed by atoms with Gasteiger partial charge in [-0.05, 0) is 11.1 Å². The number of nitrogens with one attached hydrogen (secondary N) is 1. The van der Waals surface area contributed by atoms with Crippen molar-refractivity contribution in [3.8, 4) is 0 Å². The van der Waals surface area contributed by atoms with Gasteiger partial charge in [-0.3, -0.25) is 9.63 Å². The van der Waals surface area contributed by atoms with Gasteiger partial charge in [-0.15, -0.1) is 0 Å². The molecule has 1 aromatic carbocycles. The third-order valence-electron chi connectivity index (χ3n) is 2.00. The van der Waals surface area contributed by atoms with Crippen LogP contribution in [0.1, 0.15) is 11.1 Å². The summed E-state index contributed by atoms with van der Waals surface area (Å²) in [6, 6.07) is 7.83. The van der Waals surface area contributed by atoms with Crippen LogP contribution in [0.4, 0.5) is 0 Å². The lowest BCUT2D eigenvalue weighted by Crippen LogP contribution is -2.24. The van der Waals surface area contributed by atoms with E-state index in [1.54, 1.807) is 7.11 Å². The maximum atomic E-state index is 10.4. The largest absolute Gasteiger partial charge is 0.380 e. The van der Waals surface area contributed by atoms with E-state index in [2.05, 4.69) is 5.48 Å². The van der Waals surface area contributed by atoms with E-state index in [0.717, 1.165) is 11.1 Å². The summed E-state index contributed by atoms with van der Waals surface area (Å²) >= 11 is 0. The molecule has 0 unspecified atom stereocenters. The monoisotopic (exact) mass is 224 g/mol. The van der Waals surface area contributed by atoms with Gasteiger partial charge in [0.15, 0.2) is 0 Å². The first-order valence-electron chi connectivity index (χ1n) is 4.92. The van der Waals surface area contributed by atoms with Crippen molar-refractivity contribution in [2.45, 2.75) is 13.2 Å². The summed E-state index contributed by atoms with van der Waals surface area (Å²) in [4.78, 5) is 15.3. The van der Waals surface area contributed by atoms with Crippen molar-refractivity contribution >= 4 is 5.91 Å². The van der Waals surface area contributed by atoms with Crippen molar-refractivity contribution in [3.63, 3.8) is 0 Å². The lowest BCUT2D eigenvalue weighted by molar-refractivity contribution is -0.125. The molecule has 0 saturated carbocycles. The van der Waals surface area contributed by atoms with E-state index in [1.807, 2.05) is 24.3 Å². The Kier molecular flexibility index (Phi) is 5.49. The quantitative estimate of drug-likeness (QED) is 0.517. The van der Waals surface area contributed by atoms with Crippen LogP contribution in [0.15, 0.2) is 24.3 Å². The number of carbonyl (C=O) groups is 1. The summed E-state index contributed by atoms with van der Waals surface area (Å²) in [5.41, 5.74) is 9.75. The molecule has 1 aromatic rings. The van der Waals surface area contributed by atoms with Gasteiger partial charge >= 0.3 is 0 Å². The SMILES string of the molecule is COCc1ccccc1CNOCC(N)=O. The number of ether oxygens (including phenoxy) is 1. The summed E-state index contributed by atoms with van der Waals surface area (Å²) in [6.45, 7) is 0.924. The van der Waals surface area contributed by atoms with Crippen LogP contribution < -0.4 is 11.2 Å². The third kappa shape index (κ3) is 4.39. The zero-order valence-corrected chi connectivity index (χ0v) is 9.23. The number of carbonyl (C=O) groups excluding carboxylic acids is 1. The summed E-state index contributed by atoms with van der Waals surface area (Å²) in [7, 11) is 1.65. The highest BCUT2D eigenvalue weighted by Gasteiger charge is 2.01. The number of rotatable bonds is 7. The van der Waals surface area contributed by atoms with Crippen LogP contribution in [0.2, 0.25) is 0 Å². The molecule has 1 amide bonds. The molecule has 0 radical (unpaired) electrons. The molecule has 3 N–H and O–H groups in total. The van der Waals surface area contributed by atoms with E-state index >= 15 is 0 Å². The predicted octanol–water partition coefficient (Wildman–Crippen LogP) is 0.340. The number of hydrogen-bond donors (Lipinski definition) is 2. The Balaban J connectivity index is 2.43. The minimum absolute atomic E-state index is 0.132. The second kappa shape index (κ2) is 6.95. The lowest BCUT2D eigenvalue weighted by Gasteiger charge is -2.09. The molecule has 1 rings (SSSR count). The Morgan fingerprint density at radius 3 is 2.69 bits per heavy atom. The Bertz CT molecular complexity index is 342. The van der Waals surface area contributed by atoms with Gasteiger partial charge in [0.1, 0.15) is 6.61 Å². The molecule has 0 spiro atoms. The van der Waals surface area contributed by atoms with Gasteiger partial charge in [0, 0.05) is 13.7 Å². The Hall–Kier alpha value is -1.43. The third-order valence-corrected chi connectivity index (χ3v) is 2.00. The molecular weight excluding hydrogens is 208 g/mol. The highest BCUT2D eigenvalue weighted by Crippen LogP contribution is 2.09. The summed E-state index contributed by atoms with van der Waals surface area (Å²) in [6.07, 6.45) is 0. The average molecular weight is 224 g/mol. The van der Waals surface area contributed by atoms with Gasteiger partial charge in [0.05, 0.1) is 6.61 Å². The van der Waals surface area contributed by atoms with Crippen LogP contribution in [0.3, 0.4) is 0 Å². The van der Waals surface area contributed by atoms with E-state index in [-0.39, 0.29) is 6.61 Å². The van der Waals surface area contributed by atoms with Crippen molar-refractivity contribution in [2.24, 2.45) is 5.73 Å². The fourth-order valence-corrected chi connectivity index (χ4v) is 1.28. The van der Waals surface area contributed by atoms with Crippen LogP contribution in [0, 0.1) is 0 Å². The molecule has 0 heterocycles. The molecule has 0 aliphatic rings. The smallest absolute Gasteiger partial charge is 0.245 e. The van der Waals surface area contributed by atoms with Gasteiger partial charge in [-0.2, -0.15) is 5.48 Å². The fourth-order valence-electron chi connectivity index (χ4n) is 1.28. The normalized spacial score (nSPS) is 10.3. The van der Waals surface area contributed by atoms with Gasteiger partial charge in [0.2, 0.25) is 5.91 Å². The number of methoxy groups -OCH3 is 1. The number of nitrogens with two attached hydrogens (primary N) is 1. The summed E-state index contributed by atoms with van der Waals surface area (Å²) in [5, 5.41) is 0. The van der Waals surface area contributed by atoms with Crippen molar-refractivity contribution in [1.29, 1.82) is 0 Å². The lowest BCUT2D eigenvalue weighted by atomic mass is 10.1. The molecule has 5 nitrogen and oxygen atoms in total. The highest BCUT2D eigenvalue weighted by atomic mass is 16.6. The molecule has 0 aliphatic carbocycles. The molecule has 0 aromatic heterocycles. The number of benzene rings is 1. The molecule has 0 fully saturated rings. The molecule has 0 aliphatic heterocycles. The topological polar surface area (TPSA) is 73.6 Å². The molecule has 88 valence electrons. The number of hydroxylamine groups is 1. The summed E-state index contributed by atoms with van der Waals surface area (Å²) < 4.78 is 5.07. The van der Waals surface area contributed by atoms with Gasteiger partial charge in [-0.1, -0.05) is 24.3 Å². The Morgan fingerprint density at radius 2 is 2.06 bits per heavy atom. The Labute approximate surface area is 94.5 Å².